The molecule has 1 unspecified atom stereocenters. The van der Waals surface area contributed by atoms with Gasteiger partial charge in [0.1, 0.15) is 5.92 Å². The van der Waals surface area contributed by atoms with Crippen molar-refractivity contribution in [3.63, 3.8) is 0 Å². The number of nitriles is 2. The first-order valence-corrected chi connectivity index (χ1v) is 7.96. The van der Waals surface area contributed by atoms with Gasteiger partial charge in [0, 0.05) is 11.0 Å². The van der Waals surface area contributed by atoms with Gasteiger partial charge in [-0.2, -0.15) is 10.5 Å². The quantitative estimate of drug-likeness (QED) is 0.859. The fourth-order valence-electron chi connectivity index (χ4n) is 2.38. The number of rotatable bonds is 4. The first-order valence-electron chi connectivity index (χ1n) is 6.98. The molecule has 0 aromatic heterocycles. The maximum absolute atomic E-state index is 12.2. The molecular formula is C17H15N3O2S. The van der Waals surface area contributed by atoms with E-state index in [1.165, 1.54) is 0 Å². The van der Waals surface area contributed by atoms with Crippen LogP contribution in [0.4, 0.5) is 0 Å². The summed E-state index contributed by atoms with van der Waals surface area (Å²) in [6.45, 7) is 3.38. The third-order valence-electron chi connectivity index (χ3n) is 3.78. The molecule has 6 heteroatoms. The molecule has 1 N–H and O–H groups in total. The summed E-state index contributed by atoms with van der Waals surface area (Å²) in [5.74, 6) is -1.34. The van der Waals surface area contributed by atoms with Crippen molar-refractivity contribution in [1.82, 2.24) is 5.32 Å². The molecule has 5 nitrogen and oxygen atoms in total. The van der Waals surface area contributed by atoms with E-state index in [-0.39, 0.29) is 11.5 Å². The van der Waals surface area contributed by atoms with Crippen LogP contribution in [-0.2, 0) is 4.79 Å². The Kier molecular flexibility index (Phi) is 4.88. The minimum Gasteiger partial charge on any atom is -0.319 e. The fourth-order valence-corrected chi connectivity index (χ4v) is 3.45. The zero-order valence-electron chi connectivity index (χ0n) is 12.8. The number of carbonyl (C=O) groups is 2. The number of nitrogens with one attached hydrogen (secondary N) is 1. The molecule has 1 aliphatic heterocycles. The van der Waals surface area contributed by atoms with Gasteiger partial charge < -0.3 is 5.32 Å². The number of allylic oxidation sites excluding steroid dienone is 1. The van der Waals surface area contributed by atoms with Crippen LogP contribution >= 0.6 is 11.8 Å². The molecule has 0 aliphatic carbocycles. The first kappa shape index (κ1) is 16.8. The Morgan fingerprint density at radius 1 is 1.30 bits per heavy atom. The zero-order valence-corrected chi connectivity index (χ0v) is 13.6. The summed E-state index contributed by atoms with van der Waals surface area (Å²) in [7, 11) is 0. The normalized spacial score (nSPS) is 19.5. The number of nitrogens with zero attached hydrogens (tertiary/aromatic N) is 2. The van der Waals surface area contributed by atoms with Gasteiger partial charge in [-0.3, -0.25) is 9.59 Å². The Bertz CT molecular complexity index is 754. The number of ketones is 1. The molecule has 2 rings (SSSR count). The van der Waals surface area contributed by atoms with Gasteiger partial charge in [-0.1, -0.05) is 55.9 Å². The highest BCUT2D eigenvalue weighted by atomic mass is 32.2. The van der Waals surface area contributed by atoms with E-state index < -0.39 is 17.2 Å². The van der Waals surface area contributed by atoms with Gasteiger partial charge in [-0.05, 0) is 0 Å². The second-order valence-electron chi connectivity index (χ2n) is 5.67. The molecule has 0 saturated heterocycles. The van der Waals surface area contributed by atoms with Crippen molar-refractivity contribution in [3.05, 3.63) is 46.5 Å². The van der Waals surface area contributed by atoms with Crippen LogP contribution < -0.4 is 5.32 Å². The Balaban J connectivity index is 2.23. The van der Waals surface area contributed by atoms with Crippen molar-refractivity contribution in [1.29, 1.82) is 10.5 Å². The second-order valence-corrected chi connectivity index (χ2v) is 6.65. The monoisotopic (exact) mass is 325 g/mol. The van der Waals surface area contributed by atoms with Crippen LogP contribution in [0.5, 0.6) is 0 Å². The van der Waals surface area contributed by atoms with Crippen LogP contribution in [0.3, 0.4) is 0 Å². The smallest absolute Gasteiger partial charge is 0.243 e. The number of thioether (sulfide) groups is 1. The van der Waals surface area contributed by atoms with Crippen LogP contribution in [-0.4, -0.2) is 17.4 Å². The molecular weight excluding hydrogens is 310 g/mol. The van der Waals surface area contributed by atoms with Gasteiger partial charge >= 0.3 is 0 Å². The highest BCUT2D eigenvalue weighted by Gasteiger charge is 2.44. The number of Topliss-reactive ketones (excluding diaryl/α,β-unsaturated/α-hetero) is 1. The molecule has 0 bridgehead atoms. The number of hydrogen-bond donors (Lipinski definition) is 1. The summed E-state index contributed by atoms with van der Waals surface area (Å²) < 4.78 is 0. The summed E-state index contributed by atoms with van der Waals surface area (Å²) >= 11 is 1.12. The van der Waals surface area contributed by atoms with Crippen LogP contribution in [0.15, 0.2) is 40.9 Å². The van der Waals surface area contributed by atoms with Crippen molar-refractivity contribution < 1.29 is 9.59 Å². The van der Waals surface area contributed by atoms with Gasteiger partial charge in [0.25, 0.3) is 0 Å². The van der Waals surface area contributed by atoms with Crippen molar-refractivity contribution in [2.45, 2.75) is 13.8 Å². The number of carbonyl (C=O) groups excluding carboxylic acids is 2. The molecule has 1 heterocycles. The second kappa shape index (κ2) is 6.68. The number of benzene rings is 1. The summed E-state index contributed by atoms with van der Waals surface area (Å²) in [6.07, 6.45) is 0. The molecule has 1 aromatic rings. The van der Waals surface area contributed by atoms with Crippen molar-refractivity contribution in [2.75, 3.05) is 5.75 Å². The maximum Gasteiger partial charge on any atom is 0.243 e. The van der Waals surface area contributed by atoms with Crippen molar-refractivity contribution in [3.8, 4) is 12.1 Å². The molecule has 0 saturated carbocycles. The lowest BCUT2D eigenvalue weighted by atomic mass is 9.72. The summed E-state index contributed by atoms with van der Waals surface area (Å²) in [4.78, 5) is 24.2. The lowest BCUT2D eigenvalue weighted by molar-refractivity contribution is -0.125. The molecule has 0 spiro atoms. The predicted octanol–water partition coefficient (Wildman–Crippen LogP) is 2.63. The maximum atomic E-state index is 12.2. The predicted molar refractivity (Wildman–Crippen MR) is 86.9 cm³/mol. The van der Waals surface area contributed by atoms with E-state index >= 15 is 0 Å². The standard InChI is InChI=1S/C17H15N3O2S/c1-17(2)12(8-18)15(22)20-16(13(17)9-19)23-10-14(21)11-6-4-3-5-7-11/h3-7,12H,10H2,1-2H3,(H,20,22). The Morgan fingerprint density at radius 3 is 2.52 bits per heavy atom. The first-order chi connectivity index (χ1) is 10.9. The Hall–Kier alpha value is -2.57. The van der Waals surface area contributed by atoms with Crippen LogP contribution in [0.1, 0.15) is 24.2 Å². The minimum absolute atomic E-state index is 0.0881. The largest absolute Gasteiger partial charge is 0.319 e. The van der Waals surface area contributed by atoms with E-state index in [0.717, 1.165) is 11.8 Å². The van der Waals surface area contributed by atoms with E-state index in [1.54, 1.807) is 38.1 Å². The third-order valence-corrected chi connectivity index (χ3v) is 4.78. The zero-order chi connectivity index (χ0) is 17.0. The molecule has 0 fully saturated rings. The van der Waals surface area contributed by atoms with E-state index in [9.17, 15) is 14.9 Å². The SMILES string of the molecule is CC1(C)C(C#N)=C(SCC(=O)c2ccccc2)NC(=O)C1C#N. The molecule has 1 atom stereocenters. The highest BCUT2D eigenvalue weighted by molar-refractivity contribution is 8.03. The Labute approximate surface area is 139 Å². The van der Waals surface area contributed by atoms with Gasteiger partial charge in [0.2, 0.25) is 5.91 Å². The van der Waals surface area contributed by atoms with E-state index in [2.05, 4.69) is 11.4 Å². The Morgan fingerprint density at radius 2 is 1.96 bits per heavy atom. The van der Waals surface area contributed by atoms with Crippen LogP contribution in [0, 0.1) is 34.0 Å². The number of hydrogen-bond acceptors (Lipinski definition) is 5. The molecule has 1 aliphatic rings. The average molecular weight is 325 g/mol. The van der Waals surface area contributed by atoms with E-state index in [4.69, 9.17) is 5.26 Å². The summed E-state index contributed by atoms with van der Waals surface area (Å²) in [5, 5.41) is 21.5. The highest BCUT2D eigenvalue weighted by Crippen LogP contribution is 2.41. The van der Waals surface area contributed by atoms with Crippen molar-refractivity contribution in [2.24, 2.45) is 11.3 Å². The van der Waals surface area contributed by atoms with Crippen LogP contribution in [0.2, 0.25) is 0 Å². The number of amides is 1. The van der Waals surface area contributed by atoms with Crippen molar-refractivity contribution >= 4 is 23.5 Å². The molecule has 1 aromatic carbocycles. The molecule has 23 heavy (non-hydrogen) atoms. The molecule has 1 amide bonds. The third kappa shape index (κ3) is 3.28. The molecule has 0 radical (unpaired) electrons. The topological polar surface area (TPSA) is 93.8 Å². The van der Waals surface area contributed by atoms with Crippen LogP contribution in [0.25, 0.3) is 0 Å². The van der Waals surface area contributed by atoms with E-state index in [1.807, 2.05) is 12.1 Å². The van der Waals surface area contributed by atoms with Gasteiger partial charge in [-0.15, -0.1) is 0 Å². The van der Waals surface area contributed by atoms with Gasteiger partial charge in [-0.25, -0.2) is 0 Å². The minimum atomic E-state index is -0.925. The van der Waals surface area contributed by atoms with Gasteiger partial charge in [0.05, 0.1) is 28.5 Å². The summed E-state index contributed by atoms with van der Waals surface area (Å²) in [6, 6.07) is 12.8. The van der Waals surface area contributed by atoms with Gasteiger partial charge in [0.15, 0.2) is 5.78 Å². The van der Waals surface area contributed by atoms with E-state index in [0.29, 0.717) is 16.2 Å². The molecule has 116 valence electrons. The average Bonchev–Trinajstić information content (AvgIpc) is 2.53. The lowest BCUT2D eigenvalue weighted by Crippen LogP contribution is -2.44. The fraction of sp³-hybridized carbons (Fsp3) is 0.294. The lowest BCUT2D eigenvalue weighted by Gasteiger charge is -2.34. The summed E-state index contributed by atoms with van der Waals surface area (Å²) in [5.41, 5.74) is 0.0224.